The third kappa shape index (κ3) is 2.95. The fourth-order valence-corrected chi connectivity index (χ4v) is 2.05. The highest BCUT2D eigenvalue weighted by Crippen LogP contribution is 2.38. The van der Waals surface area contributed by atoms with Gasteiger partial charge >= 0.3 is 6.18 Å². The molecule has 0 aliphatic rings. The van der Waals surface area contributed by atoms with Gasteiger partial charge in [0.15, 0.2) is 0 Å². The first-order chi connectivity index (χ1) is 9.84. The molecule has 0 saturated heterocycles. The van der Waals surface area contributed by atoms with Crippen LogP contribution < -0.4 is 11.5 Å². The summed E-state index contributed by atoms with van der Waals surface area (Å²) in [5.74, 6) is 5.42. The number of benzene rings is 2. The number of alkyl halides is 3. The van der Waals surface area contributed by atoms with Crippen LogP contribution in [0.2, 0.25) is 0 Å². The van der Waals surface area contributed by atoms with Crippen LogP contribution >= 0.6 is 0 Å². The number of halogens is 3. The Morgan fingerprint density at radius 1 is 1.05 bits per heavy atom. The standard InChI is InChI=1S/C16H13F3N2/c1-2-5-10-8-11(9-14(20)15(10)21)12-6-3-4-7-13(12)16(17,18)19/h3-4,6-9H,20-21H2,1H3. The van der Waals surface area contributed by atoms with Crippen molar-refractivity contribution in [1.82, 2.24) is 0 Å². The maximum absolute atomic E-state index is 13.1. The van der Waals surface area contributed by atoms with E-state index in [0.717, 1.165) is 6.07 Å². The topological polar surface area (TPSA) is 52.0 Å². The Morgan fingerprint density at radius 3 is 2.33 bits per heavy atom. The Balaban J connectivity index is 2.71. The average molecular weight is 290 g/mol. The summed E-state index contributed by atoms with van der Waals surface area (Å²) in [6, 6.07) is 8.28. The molecular formula is C16H13F3N2. The highest BCUT2D eigenvalue weighted by atomic mass is 19.4. The van der Waals surface area contributed by atoms with E-state index in [1.54, 1.807) is 13.0 Å². The number of nitrogen functional groups attached to an aromatic ring is 2. The van der Waals surface area contributed by atoms with Gasteiger partial charge in [0.2, 0.25) is 0 Å². The third-order valence-electron chi connectivity index (χ3n) is 3.02. The maximum Gasteiger partial charge on any atom is 0.417 e. The second-order valence-electron chi connectivity index (χ2n) is 4.45. The average Bonchev–Trinajstić information content (AvgIpc) is 2.43. The SMILES string of the molecule is CC#Cc1cc(-c2ccccc2C(F)(F)F)cc(N)c1N. The molecule has 0 radical (unpaired) electrons. The van der Waals surface area contributed by atoms with E-state index in [4.69, 9.17) is 11.5 Å². The Labute approximate surface area is 120 Å². The summed E-state index contributed by atoms with van der Waals surface area (Å²) in [4.78, 5) is 0. The van der Waals surface area contributed by atoms with E-state index in [9.17, 15) is 13.2 Å². The van der Waals surface area contributed by atoms with Gasteiger partial charge in [0.05, 0.1) is 22.5 Å². The predicted octanol–water partition coefficient (Wildman–Crippen LogP) is 3.91. The van der Waals surface area contributed by atoms with Gasteiger partial charge in [0, 0.05) is 0 Å². The second kappa shape index (κ2) is 5.41. The van der Waals surface area contributed by atoms with E-state index in [1.165, 1.54) is 24.3 Å². The molecule has 2 rings (SSSR count). The number of nitrogens with two attached hydrogens (primary N) is 2. The highest BCUT2D eigenvalue weighted by molar-refractivity contribution is 5.81. The molecule has 2 nitrogen and oxygen atoms in total. The summed E-state index contributed by atoms with van der Waals surface area (Å²) in [6.45, 7) is 1.62. The lowest BCUT2D eigenvalue weighted by molar-refractivity contribution is -0.137. The van der Waals surface area contributed by atoms with Gasteiger partial charge in [-0.25, -0.2) is 0 Å². The van der Waals surface area contributed by atoms with Crippen molar-refractivity contribution in [2.75, 3.05) is 11.5 Å². The van der Waals surface area contributed by atoms with Gasteiger partial charge in [0.1, 0.15) is 0 Å². The molecule has 2 aromatic rings. The van der Waals surface area contributed by atoms with Crippen LogP contribution in [-0.2, 0) is 6.18 Å². The molecule has 21 heavy (non-hydrogen) atoms. The molecule has 4 N–H and O–H groups in total. The number of rotatable bonds is 1. The fraction of sp³-hybridized carbons (Fsp3) is 0.125. The lowest BCUT2D eigenvalue weighted by atomic mass is 9.96. The zero-order valence-corrected chi connectivity index (χ0v) is 11.3. The Bertz CT molecular complexity index is 737. The quantitative estimate of drug-likeness (QED) is 0.618. The van der Waals surface area contributed by atoms with E-state index < -0.39 is 11.7 Å². The molecule has 5 heteroatoms. The van der Waals surface area contributed by atoms with E-state index in [2.05, 4.69) is 11.8 Å². The highest BCUT2D eigenvalue weighted by Gasteiger charge is 2.33. The van der Waals surface area contributed by atoms with Crippen LogP contribution in [0, 0.1) is 11.8 Å². The molecule has 0 spiro atoms. The van der Waals surface area contributed by atoms with E-state index in [0.29, 0.717) is 11.1 Å². The number of hydrogen-bond donors (Lipinski definition) is 2. The Morgan fingerprint density at radius 2 is 1.71 bits per heavy atom. The van der Waals surface area contributed by atoms with Crippen LogP contribution in [0.25, 0.3) is 11.1 Å². The van der Waals surface area contributed by atoms with Crippen molar-refractivity contribution < 1.29 is 13.2 Å². The summed E-state index contributed by atoms with van der Waals surface area (Å²) in [6.07, 6.45) is -4.44. The van der Waals surface area contributed by atoms with Crippen molar-refractivity contribution in [3.8, 4) is 23.0 Å². The summed E-state index contributed by atoms with van der Waals surface area (Å²) in [5, 5.41) is 0. The van der Waals surface area contributed by atoms with E-state index >= 15 is 0 Å². The van der Waals surface area contributed by atoms with Gasteiger partial charge in [-0.05, 0) is 36.2 Å². The molecule has 2 aromatic carbocycles. The van der Waals surface area contributed by atoms with Gasteiger partial charge < -0.3 is 11.5 Å². The third-order valence-corrected chi connectivity index (χ3v) is 3.02. The monoisotopic (exact) mass is 290 g/mol. The summed E-state index contributed by atoms with van der Waals surface area (Å²) in [7, 11) is 0. The Kier molecular flexibility index (Phi) is 3.81. The van der Waals surface area contributed by atoms with Crippen LogP contribution in [0.4, 0.5) is 24.5 Å². The fourth-order valence-electron chi connectivity index (χ4n) is 2.05. The van der Waals surface area contributed by atoms with Crippen LogP contribution in [0.3, 0.4) is 0 Å². The van der Waals surface area contributed by atoms with Crippen LogP contribution in [0.1, 0.15) is 18.1 Å². The molecule has 0 aliphatic heterocycles. The number of anilines is 2. The van der Waals surface area contributed by atoms with Crippen LogP contribution in [0.15, 0.2) is 36.4 Å². The molecule has 0 bridgehead atoms. The normalized spacial score (nSPS) is 10.9. The molecule has 0 heterocycles. The van der Waals surface area contributed by atoms with E-state index in [1.807, 2.05) is 0 Å². The molecule has 0 saturated carbocycles. The minimum Gasteiger partial charge on any atom is -0.397 e. The minimum absolute atomic E-state index is 0.0517. The van der Waals surface area contributed by atoms with Crippen molar-refractivity contribution in [3.05, 3.63) is 47.5 Å². The number of hydrogen-bond acceptors (Lipinski definition) is 2. The molecule has 0 fully saturated rings. The van der Waals surface area contributed by atoms with Crippen molar-refractivity contribution >= 4 is 11.4 Å². The van der Waals surface area contributed by atoms with Gasteiger partial charge in [-0.3, -0.25) is 0 Å². The summed E-state index contributed by atoms with van der Waals surface area (Å²) < 4.78 is 39.2. The van der Waals surface area contributed by atoms with Crippen molar-refractivity contribution in [2.45, 2.75) is 13.1 Å². The molecule has 0 aromatic heterocycles. The molecule has 108 valence electrons. The molecule has 0 atom stereocenters. The maximum atomic E-state index is 13.1. The van der Waals surface area contributed by atoms with Crippen molar-refractivity contribution in [3.63, 3.8) is 0 Å². The first kappa shape index (κ1) is 14.8. The lowest BCUT2D eigenvalue weighted by Crippen LogP contribution is -2.07. The summed E-state index contributed by atoms with van der Waals surface area (Å²) in [5.41, 5.74) is 12.1. The first-order valence-corrected chi connectivity index (χ1v) is 6.13. The van der Waals surface area contributed by atoms with E-state index in [-0.39, 0.29) is 16.9 Å². The van der Waals surface area contributed by atoms with Crippen LogP contribution in [-0.4, -0.2) is 0 Å². The zero-order valence-electron chi connectivity index (χ0n) is 11.3. The molecule has 0 unspecified atom stereocenters. The van der Waals surface area contributed by atoms with Crippen molar-refractivity contribution in [2.24, 2.45) is 0 Å². The molecule has 0 amide bonds. The summed E-state index contributed by atoms with van der Waals surface area (Å²) >= 11 is 0. The zero-order chi connectivity index (χ0) is 15.6. The largest absolute Gasteiger partial charge is 0.417 e. The minimum atomic E-state index is -4.44. The Hall–Kier alpha value is -2.61. The molecular weight excluding hydrogens is 277 g/mol. The second-order valence-corrected chi connectivity index (χ2v) is 4.45. The van der Waals surface area contributed by atoms with Gasteiger partial charge in [-0.2, -0.15) is 13.2 Å². The van der Waals surface area contributed by atoms with Gasteiger partial charge in [-0.15, -0.1) is 5.92 Å². The van der Waals surface area contributed by atoms with Crippen LogP contribution in [0.5, 0.6) is 0 Å². The lowest BCUT2D eigenvalue weighted by Gasteiger charge is -2.14. The smallest absolute Gasteiger partial charge is 0.397 e. The molecule has 0 aliphatic carbocycles. The van der Waals surface area contributed by atoms with Crippen molar-refractivity contribution in [1.29, 1.82) is 0 Å². The predicted molar refractivity (Wildman–Crippen MR) is 78.3 cm³/mol. The van der Waals surface area contributed by atoms with Gasteiger partial charge in [-0.1, -0.05) is 24.1 Å². The van der Waals surface area contributed by atoms with Gasteiger partial charge in [0.25, 0.3) is 0 Å². The first-order valence-electron chi connectivity index (χ1n) is 6.13.